The van der Waals surface area contributed by atoms with E-state index in [-0.39, 0.29) is 44.7 Å². The molecule has 2 saturated heterocycles. The van der Waals surface area contributed by atoms with Crippen molar-refractivity contribution in [1.29, 1.82) is 0 Å². The predicted octanol–water partition coefficient (Wildman–Crippen LogP) is 2.03. The number of hydrogen-bond acceptors (Lipinski definition) is 10. The summed E-state index contributed by atoms with van der Waals surface area (Å²) in [6, 6.07) is 6.12. The van der Waals surface area contributed by atoms with E-state index in [0.29, 0.717) is 19.8 Å². The smallest absolute Gasteiger partial charge is 0.246 e. The molecule has 0 radical (unpaired) electrons. The highest BCUT2D eigenvalue weighted by molar-refractivity contribution is 7.13. The summed E-state index contributed by atoms with van der Waals surface area (Å²) in [5.74, 6) is -1.21. The van der Waals surface area contributed by atoms with Crippen molar-refractivity contribution in [3.8, 4) is 10.4 Å². The van der Waals surface area contributed by atoms with Gasteiger partial charge in [-0.05, 0) is 49.4 Å². The number of thiazole rings is 1. The van der Waals surface area contributed by atoms with E-state index >= 15 is 0 Å². The van der Waals surface area contributed by atoms with E-state index in [1.54, 1.807) is 11.3 Å². The van der Waals surface area contributed by atoms with Crippen molar-refractivity contribution in [1.82, 2.24) is 25.8 Å². The fourth-order valence-corrected chi connectivity index (χ4v) is 6.42. The van der Waals surface area contributed by atoms with E-state index in [1.165, 1.54) is 4.90 Å². The molecule has 3 heterocycles. The molecule has 2 fully saturated rings. The van der Waals surface area contributed by atoms with E-state index < -0.39 is 35.4 Å². The van der Waals surface area contributed by atoms with Gasteiger partial charge in [-0.1, -0.05) is 45.0 Å². The number of aliphatic hydroxyl groups excluding tert-OH is 1. The van der Waals surface area contributed by atoms with Crippen LogP contribution in [0.2, 0.25) is 0 Å². The van der Waals surface area contributed by atoms with Crippen LogP contribution in [0.5, 0.6) is 0 Å². The number of piperidine rings is 1. The molecule has 12 nitrogen and oxygen atoms in total. The predicted molar refractivity (Wildman–Crippen MR) is 175 cm³/mol. The molecular weight excluding hydrogens is 610 g/mol. The molecule has 1 aromatic carbocycles. The third-order valence-corrected chi connectivity index (χ3v) is 9.16. The zero-order valence-corrected chi connectivity index (χ0v) is 28.2. The van der Waals surface area contributed by atoms with Gasteiger partial charge in [-0.15, -0.1) is 11.3 Å². The van der Waals surface area contributed by atoms with Crippen LogP contribution in [0.15, 0.2) is 29.8 Å². The lowest BCUT2D eigenvalue weighted by Gasteiger charge is -2.35. The summed E-state index contributed by atoms with van der Waals surface area (Å²) >= 11 is 1.58. The zero-order valence-electron chi connectivity index (χ0n) is 27.4. The van der Waals surface area contributed by atoms with Gasteiger partial charge in [0, 0.05) is 19.5 Å². The van der Waals surface area contributed by atoms with Crippen LogP contribution in [0.4, 0.5) is 0 Å². The van der Waals surface area contributed by atoms with Crippen LogP contribution in [0.3, 0.4) is 0 Å². The Morgan fingerprint density at radius 1 is 1.09 bits per heavy atom. The third-order valence-electron chi connectivity index (χ3n) is 8.18. The van der Waals surface area contributed by atoms with Crippen molar-refractivity contribution >= 4 is 29.1 Å². The number of hydrogen-bond donors (Lipinski definition) is 4. The van der Waals surface area contributed by atoms with Crippen molar-refractivity contribution < 1.29 is 33.7 Å². The maximum atomic E-state index is 13.8. The van der Waals surface area contributed by atoms with Crippen molar-refractivity contribution in [2.24, 2.45) is 5.41 Å². The number of carbonyl (C=O) groups is 3. The molecule has 0 spiro atoms. The number of nitrogens with one attached hydrogen (secondary N) is 3. The van der Waals surface area contributed by atoms with Gasteiger partial charge in [-0.25, -0.2) is 4.98 Å². The highest BCUT2D eigenvalue weighted by Crippen LogP contribution is 2.28. The molecule has 254 valence electrons. The molecule has 0 unspecified atom stereocenters. The van der Waals surface area contributed by atoms with Crippen LogP contribution in [-0.4, -0.2) is 110 Å². The fourth-order valence-electron chi connectivity index (χ4n) is 5.60. The van der Waals surface area contributed by atoms with Gasteiger partial charge >= 0.3 is 0 Å². The number of aliphatic hydroxyl groups is 1. The van der Waals surface area contributed by atoms with Gasteiger partial charge in [0.25, 0.3) is 0 Å². The summed E-state index contributed by atoms with van der Waals surface area (Å²) in [7, 11) is 0. The van der Waals surface area contributed by atoms with Crippen molar-refractivity contribution in [2.75, 3.05) is 52.7 Å². The van der Waals surface area contributed by atoms with Crippen molar-refractivity contribution in [2.45, 2.75) is 77.8 Å². The molecule has 0 saturated carbocycles. The Morgan fingerprint density at radius 3 is 2.46 bits per heavy atom. The number of aromatic nitrogens is 1. The maximum Gasteiger partial charge on any atom is 0.246 e. The summed E-state index contributed by atoms with van der Waals surface area (Å²) in [6.07, 6.45) is 1.57. The molecular formula is C33H49N5O7S. The Morgan fingerprint density at radius 2 is 1.78 bits per heavy atom. The second-order valence-corrected chi connectivity index (χ2v) is 13.8. The third kappa shape index (κ3) is 10.5. The van der Waals surface area contributed by atoms with E-state index in [0.717, 1.165) is 47.6 Å². The molecule has 0 aliphatic carbocycles. The molecule has 0 bridgehead atoms. The number of β-amino-alcohol motifs (C(OH)–C–C–N with tert-alkyl or cyclic N) is 1. The average Bonchev–Trinajstić information content (AvgIpc) is 3.65. The highest BCUT2D eigenvalue weighted by Gasteiger charge is 2.44. The van der Waals surface area contributed by atoms with Gasteiger partial charge < -0.3 is 40.2 Å². The topological polar surface area (TPSA) is 151 Å². The first-order chi connectivity index (χ1) is 22.0. The Hall–Kier alpha value is -2.94. The molecule has 4 N–H and O–H groups in total. The number of carbonyl (C=O) groups excluding carboxylic acids is 3. The molecule has 1 aromatic heterocycles. The number of amides is 3. The molecule has 2 aliphatic heterocycles. The monoisotopic (exact) mass is 659 g/mol. The summed E-state index contributed by atoms with van der Waals surface area (Å²) in [6.45, 7) is 11.0. The lowest BCUT2D eigenvalue weighted by molar-refractivity contribution is -0.144. The Balaban J connectivity index is 1.22. The molecule has 3 atom stereocenters. The molecule has 2 aromatic rings. The van der Waals surface area contributed by atoms with Crippen molar-refractivity contribution in [3.63, 3.8) is 0 Å². The average molecular weight is 660 g/mol. The van der Waals surface area contributed by atoms with Crippen LogP contribution in [0.1, 0.15) is 51.3 Å². The largest absolute Gasteiger partial charge is 0.391 e. The Bertz CT molecular complexity index is 1280. The second kappa shape index (κ2) is 17.3. The minimum atomic E-state index is -0.921. The number of ether oxygens (including phenoxy) is 3. The van der Waals surface area contributed by atoms with Crippen molar-refractivity contribution in [3.05, 3.63) is 41.0 Å². The first-order valence-electron chi connectivity index (χ1n) is 16.1. The standard InChI is InChI=1S/C33H49N5O7S/c1-22-29(46-21-36-22)24-7-5-23(6-8-24)18-35-31(41)27-17-25(39)19-38(27)32(42)30(33(2,3)4)37-28(40)20-44-14-13-43-15-16-45-26-9-11-34-12-10-26/h5-8,21,25-27,30,34,39H,9-20H2,1-4H3,(H,35,41)(H,37,40)/t25-,27+,30-/m1/s1. The lowest BCUT2D eigenvalue weighted by atomic mass is 9.85. The Labute approximate surface area is 275 Å². The minimum absolute atomic E-state index is 0.0114. The first kappa shape index (κ1) is 35.9. The van der Waals surface area contributed by atoms with Crippen LogP contribution < -0.4 is 16.0 Å². The molecule has 3 amide bonds. The van der Waals surface area contributed by atoms with Gasteiger partial charge in [0.05, 0.1) is 54.7 Å². The first-order valence-corrected chi connectivity index (χ1v) is 16.9. The fraction of sp³-hybridized carbons (Fsp3) is 0.636. The number of nitrogens with zero attached hydrogens (tertiary/aromatic N) is 2. The SMILES string of the molecule is Cc1ncsc1-c1ccc(CNC(=O)[C@@H]2C[C@@H](O)CN2C(=O)[C@@H](NC(=O)COCCOCCOC2CCNCC2)C(C)(C)C)cc1. The van der Waals surface area contributed by atoms with Crippen LogP contribution in [-0.2, 0) is 35.1 Å². The van der Waals surface area contributed by atoms with E-state index in [1.807, 2.05) is 57.5 Å². The quantitative estimate of drug-likeness (QED) is 0.211. The van der Waals surface area contributed by atoms with Gasteiger partial charge in [0.15, 0.2) is 0 Å². The minimum Gasteiger partial charge on any atom is -0.391 e. The number of benzene rings is 1. The zero-order chi connectivity index (χ0) is 33.1. The summed E-state index contributed by atoms with van der Waals surface area (Å²) < 4.78 is 16.8. The number of aryl methyl sites for hydroxylation is 1. The van der Waals surface area contributed by atoms with Gasteiger partial charge in [0.2, 0.25) is 17.7 Å². The summed E-state index contributed by atoms with van der Waals surface area (Å²) in [4.78, 5) is 46.6. The van der Waals surface area contributed by atoms with Crippen LogP contribution in [0, 0.1) is 12.3 Å². The van der Waals surface area contributed by atoms with Gasteiger partial charge in [0.1, 0.15) is 18.7 Å². The second-order valence-electron chi connectivity index (χ2n) is 12.9. The lowest BCUT2D eigenvalue weighted by Crippen LogP contribution is -2.58. The molecule has 4 rings (SSSR count). The van der Waals surface area contributed by atoms with E-state index in [4.69, 9.17) is 14.2 Å². The normalized spacial score (nSPS) is 19.6. The summed E-state index contributed by atoms with van der Waals surface area (Å²) in [5, 5.41) is 19.5. The highest BCUT2D eigenvalue weighted by atomic mass is 32.1. The molecule has 2 aliphatic rings. The Kier molecular flexibility index (Phi) is 13.5. The van der Waals surface area contributed by atoms with Crippen LogP contribution in [0.25, 0.3) is 10.4 Å². The summed E-state index contributed by atoms with van der Waals surface area (Å²) in [5.41, 5.74) is 4.11. The van der Waals surface area contributed by atoms with Crippen LogP contribution >= 0.6 is 11.3 Å². The number of rotatable bonds is 15. The molecule has 13 heteroatoms. The molecule has 46 heavy (non-hydrogen) atoms. The maximum absolute atomic E-state index is 13.8. The van der Waals surface area contributed by atoms with Gasteiger partial charge in [-0.2, -0.15) is 0 Å². The van der Waals surface area contributed by atoms with E-state index in [2.05, 4.69) is 20.9 Å². The van der Waals surface area contributed by atoms with E-state index in [9.17, 15) is 19.5 Å². The van der Waals surface area contributed by atoms with Gasteiger partial charge in [-0.3, -0.25) is 14.4 Å². The number of likely N-dealkylation sites (tertiary alicyclic amines) is 1.